The second-order valence-corrected chi connectivity index (χ2v) is 10.8. The highest BCUT2D eigenvalue weighted by Crippen LogP contribution is 2.23. The molecule has 0 amide bonds. The molecule has 0 aromatic heterocycles. The molecule has 0 aromatic rings. The number of rotatable bonds is 25. The van der Waals surface area contributed by atoms with Gasteiger partial charge in [0.1, 0.15) is 6.17 Å². The van der Waals surface area contributed by atoms with Crippen molar-refractivity contribution in [3.8, 4) is 0 Å². The molecule has 2 heteroatoms. The Morgan fingerprint density at radius 3 is 1.15 bits per heavy atom. The van der Waals surface area contributed by atoms with Crippen LogP contribution in [0.4, 0.5) is 0 Å². The maximum absolute atomic E-state index is 2.67. The van der Waals surface area contributed by atoms with Crippen molar-refractivity contribution in [3.05, 3.63) is 12.4 Å². The molecule has 33 heavy (non-hydrogen) atoms. The van der Waals surface area contributed by atoms with Gasteiger partial charge in [0.2, 0.25) is 0 Å². The summed E-state index contributed by atoms with van der Waals surface area (Å²) in [6, 6.07) is 0. The molecule has 1 heterocycles. The second kappa shape index (κ2) is 23.1. The molecule has 1 rings (SSSR count). The highest BCUT2D eigenvalue weighted by atomic mass is 15.4. The molecule has 196 valence electrons. The van der Waals surface area contributed by atoms with Crippen molar-refractivity contribution in [1.82, 2.24) is 9.80 Å². The Morgan fingerprint density at radius 1 is 0.394 bits per heavy atom. The first-order valence-corrected chi connectivity index (χ1v) is 15.5. The predicted molar refractivity (Wildman–Crippen MR) is 150 cm³/mol. The van der Waals surface area contributed by atoms with Gasteiger partial charge in [-0.15, -0.1) is 0 Å². The van der Waals surface area contributed by atoms with Gasteiger partial charge in [-0.05, 0) is 25.7 Å². The van der Waals surface area contributed by atoms with Gasteiger partial charge in [0.25, 0.3) is 0 Å². The Morgan fingerprint density at radius 2 is 0.727 bits per heavy atom. The zero-order chi connectivity index (χ0) is 23.8. The van der Waals surface area contributed by atoms with Crippen LogP contribution in [0.1, 0.15) is 168 Å². The third-order valence-corrected chi connectivity index (χ3v) is 7.57. The highest BCUT2D eigenvalue weighted by molar-refractivity contribution is 4.96. The van der Waals surface area contributed by atoms with Crippen LogP contribution in [0, 0.1) is 0 Å². The minimum Gasteiger partial charge on any atom is -0.356 e. The van der Waals surface area contributed by atoms with Crippen molar-refractivity contribution in [3.63, 3.8) is 0 Å². The average Bonchev–Trinajstić information content (AvgIpc) is 3.21. The zero-order valence-corrected chi connectivity index (χ0v) is 23.3. The average molecular weight is 463 g/mol. The minimum absolute atomic E-state index is 0.643. The van der Waals surface area contributed by atoms with Crippen molar-refractivity contribution < 1.29 is 0 Å². The first-order valence-electron chi connectivity index (χ1n) is 15.5. The van der Waals surface area contributed by atoms with Crippen LogP contribution >= 0.6 is 0 Å². The van der Waals surface area contributed by atoms with Gasteiger partial charge in [0.15, 0.2) is 0 Å². The Balaban J connectivity index is 2.06. The Labute approximate surface area is 210 Å². The molecule has 0 N–H and O–H groups in total. The third-order valence-electron chi connectivity index (χ3n) is 7.57. The number of nitrogens with zero attached hydrogens (tertiary/aromatic N) is 2. The van der Waals surface area contributed by atoms with Crippen LogP contribution in [0.15, 0.2) is 12.4 Å². The van der Waals surface area contributed by atoms with Gasteiger partial charge in [-0.25, -0.2) is 0 Å². The summed E-state index contributed by atoms with van der Waals surface area (Å²) in [4.78, 5) is 5.31. The van der Waals surface area contributed by atoms with Gasteiger partial charge in [0.05, 0.1) is 0 Å². The Kier molecular flexibility index (Phi) is 21.3. The quantitative estimate of drug-likeness (QED) is 0.124. The lowest BCUT2D eigenvalue weighted by Crippen LogP contribution is -2.39. The molecule has 2 nitrogen and oxygen atoms in total. The van der Waals surface area contributed by atoms with Crippen molar-refractivity contribution in [2.45, 2.75) is 175 Å². The van der Waals surface area contributed by atoms with Crippen LogP contribution in [-0.2, 0) is 0 Å². The fourth-order valence-electron chi connectivity index (χ4n) is 5.28. The van der Waals surface area contributed by atoms with E-state index in [9.17, 15) is 0 Å². The number of hydrogen-bond acceptors (Lipinski definition) is 2. The summed E-state index contributed by atoms with van der Waals surface area (Å²) < 4.78 is 0. The fourth-order valence-corrected chi connectivity index (χ4v) is 5.28. The van der Waals surface area contributed by atoms with Gasteiger partial charge in [0, 0.05) is 25.5 Å². The van der Waals surface area contributed by atoms with Crippen LogP contribution in [-0.4, -0.2) is 29.1 Å². The molecule has 0 aliphatic carbocycles. The molecule has 1 aliphatic heterocycles. The van der Waals surface area contributed by atoms with E-state index in [1.165, 1.54) is 161 Å². The summed E-state index contributed by atoms with van der Waals surface area (Å²) in [5.41, 5.74) is 0. The topological polar surface area (TPSA) is 6.48 Å². The first-order chi connectivity index (χ1) is 16.3. The minimum atomic E-state index is 0.643. The van der Waals surface area contributed by atoms with Crippen LogP contribution in [0.25, 0.3) is 0 Å². The Hall–Kier alpha value is -0.660. The van der Waals surface area contributed by atoms with Crippen molar-refractivity contribution in [2.24, 2.45) is 0 Å². The van der Waals surface area contributed by atoms with Crippen molar-refractivity contribution >= 4 is 0 Å². The molecule has 0 aromatic carbocycles. The van der Waals surface area contributed by atoms with Crippen LogP contribution in [0.3, 0.4) is 0 Å². The molecule has 0 fully saturated rings. The maximum Gasteiger partial charge on any atom is 0.101 e. The summed E-state index contributed by atoms with van der Waals surface area (Å²) in [5.74, 6) is 0. The lowest BCUT2D eigenvalue weighted by Gasteiger charge is -2.33. The molecule has 1 unspecified atom stereocenters. The van der Waals surface area contributed by atoms with E-state index in [1.807, 2.05) is 0 Å². The van der Waals surface area contributed by atoms with Gasteiger partial charge < -0.3 is 9.80 Å². The van der Waals surface area contributed by atoms with E-state index in [-0.39, 0.29) is 0 Å². The molecule has 1 atom stereocenters. The van der Waals surface area contributed by atoms with E-state index in [0.29, 0.717) is 6.17 Å². The van der Waals surface area contributed by atoms with Gasteiger partial charge in [-0.3, -0.25) is 0 Å². The molecule has 0 saturated carbocycles. The standard InChI is InChI=1S/C31H62N2/c1-4-7-10-12-14-15-16-17-18-19-20-21-23-25-28-33-30-29-32(27-9-6-3)31(33)26-24-22-13-11-8-5-2/h29-31H,4-28H2,1-3H3. The third kappa shape index (κ3) is 16.6. The van der Waals surface area contributed by atoms with Crippen molar-refractivity contribution in [2.75, 3.05) is 13.1 Å². The zero-order valence-electron chi connectivity index (χ0n) is 23.3. The van der Waals surface area contributed by atoms with E-state index in [2.05, 4.69) is 43.0 Å². The van der Waals surface area contributed by atoms with Crippen LogP contribution < -0.4 is 0 Å². The van der Waals surface area contributed by atoms with Gasteiger partial charge >= 0.3 is 0 Å². The Bertz CT molecular complexity index is 419. The van der Waals surface area contributed by atoms with Crippen LogP contribution in [0.2, 0.25) is 0 Å². The van der Waals surface area contributed by atoms with Gasteiger partial charge in [-0.1, -0.05) is 143 Å². The van der Waals surface area contributed by atoms with Gasteiger partial charge in [-0.2, -0.15) is 0 Å². The molecule has 0 bridgehead atoms. The summed E-state index contributed by atoms with van der Waals surface area (Å²) in [5, 5.41) is 0. The van der Waals surface area contributed by atoms with E-state index < -0.39 is 0 Å². The lowest BCUT2D eigenvalue weighted by molar-refractivity contribution is 0.136. The molecular weight excluding hydrogens is 400 g/mol. The summed E-state index contributed by atoms with van der Waals surface area (Å²) >= 11 is 0. The predicted octanol–water partition coefficient (Wildman–Crippen LogP) is 10.4. The summed E-state index contributed by atoms with van der Waals surface area (Å²) in [7, 11) is 0. The fraction of sp³-hybridized carbons (Fsp3) is 0.935. The normalized spacial score (nSPS) is 15.8. The largest absolute Gasteiger partial charge is 0.356 e. The number of hydrogen-bond donors (Lipinski definition) is 0. The summed E-state index contributed by atoms with van der Waals surface area (Å²) in [6.45, 7) is 9.43. The lowest BCUT2D eigenvalue weighted by atomic mass is 10.0. The van der Waals surface area contributed by atoms with E-state index in [4.69, 9.17) is 0 Å². The molecule has 0 radical (unpaired) electrons. The second-order valence-electron chi connectivity index (χ2n) is 10.8. The first kappa shape index (κ1) is 30.4. The van der Waals surface area contributed by atoms with Crippen LogP contribution in [0.5, 0.6) is 0 Å². The highest BCUT2D eigenvalue weighted by Gasteiger charge is 2.24. The summed E-state index contributed by atoms with van der Waals surface area (Å²) in [6.07, 6.45) is 38.1. The van der Waals surface area contributed by atoms with E-state index >= 15 is 0 Å². The molecule has 1 aliphatic rings. The molecule has 0 spiro atoms. The van der Waals surface area contributed by atoms with Crippen molar-refractivity contribution in [1.29, 1.82) is 0 Å². The van der Waals surface area contributed by atoms with E-state index in [0.717, 1.165) is 0 Å². The SMILES string of the molecule is CCCCCCCCCCCCCCCCN1C=CN(CCCC)C1CCCCCCCC. The van der Waals surface area contributed by atoms with E-state index in [1.54, 1.807) is 0 Å². The maximum atomic E-state index is 2.67. The number of unbranched alkanes of at least 4 members (excludes halogenated alkanes) is 19. The molecule has 0 saturated heterocycles. The smallest absolute Gasteiger partial charge is 0.101 e. The monoisotopic (exact) mass is 462 g/mol. The molecular formula is C31H62N2.